The molecule has 0 atom stereocenters. The Morgan fingerprint density at radius 1 is 0.962 bits per heavy atom. The number of aromatic nitrogens is 2. The third kappa shape index (κ3) is 3.43. The van der Waals surface area contributed by atoms with Crippen molar-refractivity contribution in [1.82, 2.24) is 10.2 Å². The van der Waals surface area contributed by atoms with Crippen LogP contribution in [0.4, 0.5) is 6.01 Å². The summed E-state index contributed by atoms with van der Waals surface area (Å²) in [5.41, 5.74) is 2.44. The number of hydrogen-bond acceptors (Lipinski definition) is 5. The van der Waals surface area contributed by atoms with E-state index in [-0.39, 0.29) is 17.8 Å². The van der Waals surface area contributed by atoms with E-state index in [2.05, 4.69) is 31.4 Å². The Hall–Kier alpha value is -3.19. The van der Waals surface area contributed by atoms with Crippen LogP contribution < -0.4 is 5.32 Å². The molecule has 1 N–H and O–H groups in total. The monoisotopic (exact) mass is 409 g/mol. The summed E-state index contributed by atoms with van der Waals surface area (Å²) in [6.45, 7) is 0. The molecule has 7 heteroatoms. The first-order valence-electron chi connectivity index (χ1n) is 7.74. The van der Waals surface area contributed by atoms with Crippen molar-refractivity contribution in [3.05, 3.63) is 77.0 Å². The first-order valence-corrected chi connectivity index (χ1v) is 8.53. The highest BCUT2D eigenvalue weighted by molar-refractivity contribution is 9.10. The van der Waals surface area contributed by atoms with Gasteiger partial charge in [0.25, 0.3) is 11.8 Å². The number of amides is 1. The van der Waals surface area contributed by atoms with Gasteiger partial charge in [0.15, 0.2) is 5.76 Å². The predicted octanol–water partition coefficient (Wildman–Crippen LogP) is 5.01. The first-order chi connectivity index (χ1) is 12.7. The summed E-state index contributed by atoms with van der Waals surface area (Å²) >= 11 is 3.41. The van der Waals surface area contributed by atoms with Crippen molar-refractivity contribution >= 4 is 27.9 Å². The lowest BCUT2D eigenvalue weighted by Crippen LogP contribution is -2.12. The number of carbonyl (C=O) groups excluding carboxylic acids is 1. The SMILES string of the molecule is O=C(Nc1nnc(-c2ccco2)o1)c1cccc(-c2ccc(Br)cc2)c1. The molecule has 26 heavy (non-hydrogen) atoms. The molecule has 0 unspecified atom stereocenters. The molecule has 0 saturated heterocycles. The van der Waals surface area contributed by atoms with Crippen molar-refractivity contribution in [2.24, 2.45) is 0 Å². The maximum atomic E-state index is 12.5. The quantitative estimate of drug-likeness (QED) is 0.512. The van der Waals surface area contributed by atoms with Crippen molar-refractivity contribution < 1.29 is 13.6 Å². The Labute approximate surface area is 157 Å². The second kappa shape index (κ2) is 6.97. The number of rotatable bonds is 4. The average Bonchev–Trinajstić information content (AvgIpc) is 3.34. The van der Waals surface area contributed by atoms with Crippen molar-refractivity contribution in [3.8, 4) is 22.8 Å². The van der Waals surface area contributed by atoms with Gasteiger partial charge in [-0.1, -0.05) is 45.3 Å². The van der Waals surface area contributed by atoms with E-state index in [4.69, 9.17) is 8.83 Å². The van der Waals surface area contributed by atoms with E-state index >= 15 is 0 Å². The summed E-state index contributed by atoms with van der Waals surface area (Å²) in [5, 5.41) is 10.3. The standard InChI is InChI=1S/C19H12BrN3O3/c20-15-8-6-12(7-9-15)13-3-1-4-14(11-13)17(24)21-19-23-22-18(26-19)16-5-2-10-25-16/h1-11H,(H,21,23,24). The summed E-state index contributed by atoms with van der Waals surface area (Å²) in [4.78, 5) is 12.5. The Balaban J connectivity index is 1.53. The maximum Gasteiger partial charge on any atom is 0.322 e. The van der Waals surface area contributed by atoms with E-state index in [1.165, 1.54) is 6.26 Å². The maximum absolute atomic E-state index is 12.5. The van der Waals surface area contributed by atoms with Crippen molar-refractivity contribution in [3.63, 3.8) is 0 Å². The molecule has 0 aliphatic rings. The van der Waals surface area contributed by atoms with Gasteiger partial charge in [-0.05, 0) is 47.5 Å². The molecular formula is C19H12BrN3O3. The molecule has 2 aromatic carbocycles. The number of carbonyl (C=O) groups is 1. The van der Waals surface area contributed by atoms with Crippen LogP contribution in [0.15, 0.2) is 80.2 Å². The molecule has 0 saturated carbocycles. The Morgan fingerprint density at radius 3 is 2.58 bits per heavy atom. The number of anilines is 1. The summed E-state index contributed by atoms with van der Waals surface area (Å²) in [6.07, 6.45) is 1.51. The molecule has 0 aliphatic carbocycles. The third-order valence-electron chi connectivity index (χ3n) is 3.68. The van der Waals surface area contributed by atoms with E-state index in [1.807, 2.05) is 42.5 Å². The van der Waals surface area contributed by atoms with Crippen molar-refractivity contribution in [2.45, 2.75) is 0 Å². The van der Waals surface area contributed by atoms with Gasteiger partial charge in [-0.3, -0.25) is 10.1 Å². The van der Waals surface area contributed by atoms with E-state index in [9.17, 15) is 4.79 Å². The van der Waals surface area contributed by atoms with E-state index in [0.717, 1.165) is 15.6 Å². The van der Waals surface area contributed by atoms with Gasteiger partial charge in [0.1, 0.15) is 0 Å². The van der Waals surface area contributed by atoms with Gasteiger partial charge >= 0.3 is 6.01 Å². The molecule has 0 radical (unpaired) electrons. The predicted molar refractivity (Wildman–Crippen MR) is 99.5 cm³/mol. The van der Waals surface area contributed by atoms with Crippen LogP contribution in [-0.2, 0) is 0 Å². The summed E-state index contributed by atoms with van der Waals surface area (Å²) < 4.78 is 11.6. The Morgan fingerprint density at radius 2 is 1.81 bits per heavy atom. The largest absolute Gasteiger partial charge is 0.459 e. The molecule has 0 spiro atoms. The second-order valence-corrected chi connectivity index (χ2v) is 6.35. The normalized spacial score (nSPS) is 10.7. The zero-order valence-corrected chi connectivity index (χ0v) is 14.9. The highest BCUT2D eigenvalue weighted by Gasteiger charge is 2.14. The number of nitrogens with one attached hydrogen (secondary N) is 1. The van der Waals surface area contributed by atoms with Gasteiger partial charge in [0.2, 0.25) is 0 Å². The molecule has 0 bridgehead atoms. The van der Waals surface area contributed by atoms with Crippen molar-refractivity contribution in [2.75, 3.05) is 5.32 Å². The van der Waals surface area contributed by atoms with Crippen LogP contribution >= 0.6 is 15.9 Å². The van der Waals surface area contributed by atoms with E-state index in [0.29, 0.717) is 11.3 Å². The van der Waals surface area contributed by atoms with Crippen LogP contribution in [0.3, 0.4) is 0 Å². The lowest BCUT2D eigenvalue weighted by Gasteiger charge is -2.05. The number of halogens is 1. The van der Waals surface area contributed by atoms with Crippen LogP contribution in [0.2, 0.25) is 0 Å². The molecular weight excluding hydrogens is 398 g/mol. The van der Waals surface area contributed by atoms with Gasteiger partial charge in [-0.25, -0.2) is 0 Å². The third-order valence-corrected chi connectivity index (χ3v) is 4.21. The van der Waals surface area contributed by atoms with Crippen LogP contribution in [-0.4, -0.2) is 16.1 Å². The smallest absolute Gasteiger partial charge is 0.322 e. The molecule has 128 valence electrons. The highest BCUT2D eigenvalue weighted by Crippen LogP contribution is 2.24. The Kier molecular flexibility index (Phi) is 4.37. The average molecular weight is 410 g/mol. The zero-order chi connectivity index (χ0) is 17.9. The molecule has 2 aromatic heterocycles. The molecule has 2 heterocycles. The molecule has 4 aromatic rings. The van der Waals surface area contributed by atoms with Crippen LogP contribution in [0.1, 0.15) is 10.4 Å². The van der Waals surface area contributed by atoms with Gasteiger partial charge in [0, 0.05) is 10.0 Å². The van der Waals surface area contributed by atoms with Gasteiger partial charge in [0.05, 0.1) is 6.26 Å². The van der Waals surface area contributed by atoms with Crippen LogP contribution in [0.25, 0.3) is 22.8 Å². The van der Waals surface area contributed by atoms with Crippen LogP contribution in [0.5, 0.6) is 0 Å². The highest BCUT2D eigenvalue weighted by atomic mass is 79.9. The number of hydrogen-bond donors (Lipinski definition) is 1. The van der Waals surface area contributed by atoms with Gasteiger partial charge < -0.3 is 8.83 Å². The molecule has 0 fully saturated rings. The fourth-order valence-corrected chi connectivity index (χ4v) is 2.69. The van der Waals surface area contributed by atoms with E-state index in [1.54, 1.807) is 18.2 Å². The zero-order valence-electron chi connectivity index (χ0n) is 13.3. The molecule has 4 rings (SSSR count). The molecule has 1 amide bonds. The van der Waals surface area contributed by atoms with Gasteiger partial charge in [-0.2, -0.15) is 0 Å². The topological polar surface area (TPSA) is 81.2 Å². The number of nitrogens with zero attached hydrogens (tertiary/aromatic N) is 2. The fraction of sp³-hybridized carbons (Fsp3) is 0. The molecule has 6 nitrogen and oxygen atoms in total. The number of furan rings is 1. The minimum absolute atomic E-state index is 0.00967. The summed E-state index contributed by atoms with van der Waals surface area (Å²) in [5.74, 6) is 0.308. The van der Waals surface area contributed by atoms with E-state index < -0.39 is 0 Å². The minimum atomic E-state index is -0.335. The molecule has 0 aliphatic heterocycles. The number of benzene rings is 2. The summed E-state index contributed by atoms with van der Waals surface area (Å²) in [6, 6.07) is 18.6. The van der Waals surface area contributed by atoms with Crippen molar-refractivity contribution in [1.29, 1.82) is 0 Å². The lowest BCUT2D eigenvalue weighted by atomic mass is 10.0. The van der Waals surface area contributed by atoms with Gasteiger partial charge in [-0.15, -0.1) is 5.10 Å². The summed E-state index contributed by atoms with van der Waals surface area (Å²) in [7, 11) is 0. The van der Waals surface area contributed by atoms with Crippen LogP contribution in [0, 0.1) is 0 Å². The first kappa shape index (κ1) is 16.3. The Bertz CT molecular complexity index is 1040. The second-order valence-electron chi connectivity index (χ2n) is 5.43. The fourth-order valence-electron chi connectivity index (χ4n) is 2.43. The lowest BCUT2D eigenvalue weighted by molar-refractivity contribution is 0.102. The minimum Gasteiger partial charge on any atom is -0.459 e.